The molecule has 0 aliphatic carbocycles. The zero-order chi connectivity index (χ0) is 19.2. The first-order valence-electron chi connectivity index (χ1n) is 8.63. The number of aromatic nitrogens is 1. The highest BCUT2D eigenvalue weighted by Crippen LogP contribution is 2.23. The number of benzene rings is 1. The lowest BCUT2D eigenvalue weighted by molar-refractivity contribution is -0.575. The Hall–Kier alpha value is -2.57. The van der Waals surface area contributed by atoms with Crippen LogP contribution in [-0.4, -0.2) is 10.1 Å². The molecule has 0 aliphatic heterocycles. The lowest BCUT2D eigenvalue weighted by Gasteiger charge is -2.10. The number of nitrogens with zero attached hydrogens (tertiary/aromatic N) is 1. The van der Waals surface area contributed by atoms with Crippen molar-refractivity contribution in [3.05, 3.63) is 82.6 Å². The molecule has 0 radical (unpaired) electrons. The molecular weight excluding hydrogens is 379 g/mol. The zero-order valence-corrected chi connectivity index (χ0v) is 16.5. The van der Waals surface area contributed by atoms with Crippen LogP contribution >= 0.6 is 23.6 Å². The zero-order valence-electron chi connectivity index (χ0n) is 14.9. The van der Waals surface area contributed by atoms with Crippen molar-refractivity contribution in [2.24, 2.45) is 0 Å². The van der Waals surface area contributed by atoms with Gasteiger partial charge in [0.2, 0.25) is 5.76 Å². The summed E-state index contributed by atoms with van der Waals surface area (Å²) < 4.78 is 15.8. The summed E-state index contributed by atoms with van der Waals surface area (Å²) in [5, 5.41) is 15.7. The molecule has 1 aromatic carbocycles. The lowest BCUT2D eigenvalue weighted by atomic mass is 10.1. The number of para-hydroxylation sites is 1. The molecular formula is C21H20FN2OS2+. The standard InChI is InChI=1S/C21H19FN2OS2/c1-2-6-15-10-12-24(13-11-15)19(20(25)18-9-5-14-27-18)21(26)23-17-8-4-3-7-16(17)22/h3-5,7-14H,2,6H2,1H3,(H-,23,25,26)/p+1. The van der Waals surface area contributed by atoms with E-state index in [2.05, 4.69) is 12.2 Å². The second-order valence-electron chi connectivity index (χ2n) is 5.97. The maximum atomic E-state index is 14.0. The van der Waals surface area contributed by atoms with Crippen molar-refractivity contribution in [3.63, 3.8) is 0 Å². The van der Waals surface area contributed by atoms with Crippen LogP contribution in [0.2, 0.25) is 0 Å². The van der Waals surface area contributed by atoms with Gasteiger partial charge in [-0.25, -0.2) is 4.39 Å². The molecule has 0 unspecified atom stereocenters. The number of hydrogen-bond donors (Lipinski definition) is 2. The maximum Gasteiger partial charge on any atom is 0.289 e. The summed E-state index contributed by atoms with van der Waals surface area (Å²) in [4.78, 5) is 0.923. The second kappa shape index (κ2) is 8.88. The largest absolute Gasteiger partial charge is 0.501 e. The van der Waals surface area contributed by atoms with Crippen molar-refractivity contribution in [3.8, 4) is 0 Å². The number of aliphatic hydroxyl groups is 1. The molecule has 0 atom stereocenters. The van der Waals surface area contributed by atoms with Gasteiger partial charge < -0.3 is 10.4 Å². The number of nitrogens with one attached hydrogen (secondary N) is 1. The third kappa shape index (κ3) is 4.59. The summed E-state index contributed by atoms with van der Waals surface area (Å²) in [6, 6.07) is 14.0. The summed E-state index contributed by atoms with van der Waals surface area (Å²) in [5.41, 5.74) is 1.87. The van der Waals surface area contributed by atoms with Crippen LogP contribution in [0.4, 0.5) is 10.1 Å². The van der Waals surface area contributed by atoms with Crippen molar-refractivity contribution in [1.29, 1.82) is 0 Å². The van der Waals surface area contributed by atoms with Crippen LogP contribution < -0.4 is 9.88 Å². The van der Waals surface area contributed by atoms with Gasteiger partial charge in [0, 0.05) is 12.1 Å². The second-order valence-corrected chi connectivity index (χ2v) is 7.33. The van der Waals surface area contributed by atoms with E-state index in [1.54, 1.807) is 22.8 Å². The molecule has 0 spiro atoms. The highest BCUT2D eigenvalue weighted by molar-refractivity contribution is 7.81. The van der Waals surface area contributed by atoms with E-state index < -0.39 is 5.82 Å². The molecule has 138 valence electrons. The van der Waals surface area contributed by atoms with Crippen LogP contribution in [0.15, 0.2) is 66.3 Å². The minimum atomic E-state index is -0.405. The van der Waals surface area contributed by atoms with Crippen LogP contribution in [0, 0.1) is 5.82 Å². The number of pyridine rings is 1. The average molecular weight is 400 g/mol. The van der Waals surface area contributed by atoms with E-state index in [9.17, 15) is 9.50 Å². The Kier molecular flexibility index (Phi) is 6.32. The summed E-state index contributed by atoms with van der Waals surface area (Å²) in [7, 11) is 0. The first-order chi connectivity index (χ1) is 13.1. The van der Waals surface area contributed by atoms with Crippen LogP contribution in [0.25, 0.3) is 11.5 Å². The molecule has 2 heterocycles. The van der Waals surface area contributed by atoms with Gasteiger partial charge in [0.1, 0.15) is 5.82 Å². The monoisotopic (exact) mass is 399 g/mol. The van der Waals surface area contributed by atoms with Gasteiger partial charge in [-0.2, -0.15) is 4.57 Å². The fourth-order valence-electron chi connectivity index (χ4n) is 2.68. The molecule has 3 nitrogen and oxygen atoms in total. The number of aliphatic hydroxyl groups excluding tert-OH is 1. The Morgan fingerprint density at radius 2 is 1.89 bits per heavy atom. The first-order valence-corrected chi connectivity index (χ1v) is 9.92. The van der Waals surface area contributed by atoms with Gasteiger partial charge in [-0.15, -0.1) is 11.3 Å². The van der Waals surface area contributed by atoms with Crippen molar-refractivity contribution in [1.82, 2.24) is 0 Å². The Bertz CT molecular complexity index is 951. The van der Waals surface area contributed by atoms with Gasteiger partial charge in [-0.05, 0) is 35.6 Å². The van der Waals surface area contributed by atoms with Gasteiger partial charge in [-0.3, -0.25) is 0 Å². The Morgan fingerprint density at radius 1 is 1.15 bits per heavy atom. The van der Waals surface area contributed by atoms with E-state index in [0.29, 0.717) is 10.6 Å². The van der Waals surface area contributed by atoms with Gasteiger partial charge in [-0.1, -0.05) is 43.8 Å². The fraction of sp³-hybridized carbons (Fsp3) is 0.143. The molecule has 6 heteroatoms. The molecule has 27 heavy (non-hydrogen) atoms. The summed E-state index contributed by atoms with van der Waals surface area (Å²) in [6.07, 6.45) is 5.76. The average Bonchev–Trinajstić information content (AvgIpc) is 3.20. The minimum absolute atomic E-state index is 0.0482. The predicted octanol–water partition coefficient (Wildman–Crippen LogP) is 5.45. The first kappa shape index (κ1) is 19.2. The van der Waals surface area contributed by atoms with E-state index in [-0.39, 0.29) is 16.4 Å². The molecule has 0 saturated carbocycles. The summed E-state index contributed by atoms with van der Waals surface area (Å²) in [5.74, 6) is -0.356. The molecule has 0 bridgehead atoms. The summed E-state index contributed by atoms with van der Waals surface area (Å²) >= 11 is 6.93. The topological polar surface area (TPSA) is 36.1 Å². The van der Waals surface area contributed by atoms with Crippen LogP contribution in [-0.2, 0) is 6.42 Å². The maximum absolute atomic E-state index is 14.0. The summed E-state index contributed by atoms with van der Waals surface area (Å²) in [6.45, 7) is 2.13. The Labute approximate surface area is 167 Å². The molecule has 2 aromatic heterocycles. The van der Waals surface area contributed by atoms with E-state index in [1.165, 1.54) is 23.0 Å². The smallest absolute Gasteiger partial charge is 0.289 e. The van der Waals surface area contributed by atoms with Gasteiger partial charge in [0.25, 0.3) is 5.70 Å². The third-order valence-corrected chi connectivity index (χ3v) is 5.18. The van der Waals surface area contributed by atoms with Crippen molar-refractivity contribution in [2.75, 3.05) is 5.32 Å². The highest BCUT2D eigenvalue weighted by atomic mass is 32.1. The van der Waals surface area contributed by atoms with Gasteiger partial charge >= 0.3 is 0 Å². The van der Waals surface area contributed by atoms with E-state index >= 15 is 0 Å². The lowest BCUT2D eigenvalue weighted by Crippen LogP contribution is -2.38. The minimum Gasteiger partial charge on any atom is -0.501 e. The van der Waals surface area contributed by atoms with Crippen molar-refractivity contribution < 1.29 is 14.1 Å². The van der Waals surface area contributed by atoms with Crippen LogP contribution in [0.5, 0.6) is 0 Å². The molecule has 0 fully saturated rings. The van der Waals surface area contributed by atoms with Gasteiger partial charge in [0.05, 0.1) is 10.6 Å². The number of aryl methyl sites for hydroxylation is 1. The molecule has 3 rings (SSSR count). The quantitative estimate of drug-likeness (QED) is 0.250. The molecule has 0 amide bonds. The number of hydrogen-bond acceptors (Lipinski definition) is 3. The normalized spacial score (nSPS) is 11.8. The SMILES string of the molecule is CCCc1cc[n+](/C(C(=S)Nc2ccccc2F)=C(\O)c2cccs2)cc1. The number of halogens is 1. The predicted molar refractivity (Wildman–Crippen MR) is 113 cm³/mol. The molecule has 2 N–H and O–H groups in total. The van der Waals surface area contributed by atoms with E-state index in [0.717, 1.165) is 12.8 Å². The molecule has 3 aromatic rings. The van der Waals surface area contributed by atoms with Gasteiger partial charge in [0.15, 0.2) is 17.4 Å². The van der Waals surface area contributed by atoms with Crippen molar-refractivity contribution >= 4 is 45.7 Å². The number of thiophene rings is 1. The van der Waals surface area contributed by atoms with Crippen LogP contribution in [0.1, 0.15) is 23.8 Å². The number of anilines is 1. The Balaban J connectivity index is 2.01. The van der Waals surface area contributed by atoms with E-state index in [4.69, 9.17) is 12.2 Å². The molecule has 0 saturated heterocycles. The number of thiocarbonyl (C=S) groups is 1. The number of rotatable bonds is 6. The fourth-order valence-corrected chi connectivity index (χ4v) is 3.66. The van der Waals surface area contributed by atoms with Crippen LogP contribution in [0.3, 0.4) is 0 Å². The van der Waals surface area contributed by atoms with E-state index in [1.807, 2.05) is 42.0 Å². The molecule has 0 aliphatic rings. The Morgan fingerprint density at radius 3 is 2.52 bits per heavy atom. The van der Waals surface area contributed by atoms with Crippen molar-refractivity contribution in [2.45, 2.75) is 19.8 Å². The highest BCUT2D eigenvalue weighted by Gasteiger charge is 2.25. The third-order valence-electron chi connectivity index (χ3n) is 4.01.